The third-order valence-electron chi connectivity index (χ3n) is 3.10. The fourth-order valence-corrected chi connectivity index (χ4v) is 2.19. The van der Waals surface area contributed by atoms with E-state index < -0.39 is 0 Å². The van der Waals surface area contributed by atoms with Crippen LogP contribution in [-0.4, -0.2) is 29.6 Å². The van der Waals surface area contributed by atoms with Crippen molar-refractivity contribution in [1.82, 2.24) is 9.80 Å². The minimum absolute atomic E-state index is 0.608. The topological polar surface area (TPSA) is 6.48 Å². The van der Waals surface area contributed by atoms with Crippen LogP contribution in [0.4, 0.5) is 0 Å². The first-order chi connectivity index (χ1) is 6.74. The summed E-state index contributed by atoms with van der Waals surface area (Å²) in [6, 6.07) is 0. The molecule has 0 amide bonds. The summed E-state index contributed by atoms with van der Waals surface area (Å²) < 4.78 is 0. The lowest BCUT2D eigenvalue weighted by Gasteiger charge is -2.30. The summed E-state index contributed by atoms with van der Waals surface area (Å²) in [5.41, 5.74) is 1.48. The smallest absolute Gasteiger partial charge is 0.100 e. The van der Waals surface area contributed by atoms with Crippen LogP contribution in [0, 0.1) is 0 Å². The zero-order chi connectivity index (χ0) is 10.6. The molecule has 0 aliphatic carbocycles. The van der Waals surface area contributed by atoms with Gasteiger partial charge in [-0.25, -0.2) is 0 Å². The number of nitrogens with zero attached hydrogens (tertiary/aromatic N) is 2. The molecule has 2 nitrogen and oxygen atoms in total. The van der Waals surface area contributed by atoms with Crippen molar-refractivity contribution in [1.29, 1.82) is 0 Å². The van der Waals surface area contributed by atoms with Gasteiger partial charge in [-0.1, -0.05) is 27.2 Å². The van der Waals surface area contributed by atoms with E-state index in [0.29, 0.717) is 6.17 Å². The Hall–Kier alpha value is -0.660. The van der Waals surface area contributed by atoms with E-state index in [9.17, 15) is 0 Å². The fraction of sp³-hybridized carbons (Fsp3) is 0.833. The lowest BCUT2D eigenvalue weighted by atomic mass is 10.3. The SMILES string of the molecule is CCCCN1C=C(CC)N(C)C1CC. The van der Waals surface area contributed by atoms with Crippen molar-refractivity contribution >= 4 is 0 Å². The predicted octanol–water partition coefficient (Wildman–Crippen LogP) is 3.02. The van der Waals surface area contributed by atoms with E-state index in [1.54, 1.807) is 0 Å². The molecule has 1 atom stereocenters. The van der Waals surface area contributed by atoms with Crippen LogP contribution in [0.15, 0.2) is 11.9 Å². The second-order valence-corrected chi connectivity index (χ2v) is 4.07. The largest absolute Gasteiger partial charge is 0.356 e. The molecule has 0 fully saturated rings. The number of rotatable bonds is 5. The molecule has 0 N–H and O–H groups in total. The summed E-state index contributed by atoms with van der Waals surface area (Å²) in [6.45, 7) is 7.97. The Balaban J connectivity index is 2.59. The molecule has 1 unspecified atom stereocenters. The Morgan fingerprint density at radius 3 is 2.50 bits per heavy atom. The van der Waals surface area contributed by atoms with Crippen molar-refractivity contribution in [2.75, 3.05) is 13.6 Å². The normalized spacial score (nSPS) is 21.7. The van der Waals surface area contributed by atoms with Crippen LogP contribution in [0.2, 0.25) is 0 Å². The van der Waals surface area contributed by atoms with Gasteiger partial charge in [-0.05, 0) is 19.3 Å². The van der Waals surface area contributed by atoms with E-state index in [-0.39, 0.29) is 0 Å². The molecule has 1 aliphatic rings. The molecular formula is C12H24N2. The van der Waals surface area contributed by atoms with Gasteiger partial charge < -0.3 is 9.80 Å². The lowest BCUT2D eigenvalue weighted by Crippen LogP contribution is -2.37. The van der Waals surface area contributed by atoms with Crippen LogP contribution in [0.25, 0.3) is 0 Å². The highest BCUT2D eigenvalue weighted by Gasteiger charge is 2.25. The molecule has 14 heavy (non-hydrogen) atoms. The molecule has 0 spiro atoms. The first kappa shape index (κ1) is 11.4. The van der Waals surface area contributed by atoms with Gasteiger partial charge in [0.05, 0.1) is 0 Å². The zero-order valence-corrected chi connectivity index (χ0v) is 10.1. The molecule has 1 heterocycles. The van der Waals surface area contributed by atoms with Crippen LogP contribution >= 0.6 is 0 Å². The summed E-state index contributed by atoms with van der Waals surface area (Å²) in [6.07, 6.45) is 7.90. The Bertz CT molecular complexity index is 198. The average molecular weight is 196 g/mol. The van der Waals surface area contributed by atoms with Crippen LogP contribution in [0.1, 0.15) is 46.5 Å². The number of allylic oxidation sites excluding steroid dienone is 1. The van der Waals surface area contributed by atoms with Crippen LogP contribution < -0.4 is 0 Å². The quantitative estimate of drug-likeness (QED) is 0.667. The molecular weight excluding hydrogens is 172 g/mol. The highest BCUT2D eigenvalue weighted by Crippen LogP contribution is 2.25. The van der Waals surface area contributed by atoms with E-state index in [1.165, 1.54) is 31.5 Å². The molecule has 0 aromatic rings. The molecule has 2 heteroatoms. The minimum atomic E-state index is 0.608. The van der Waals surface area contributed by atoms with Crippen LogP contribution in [-0.2, 0) is 0 Å². The van der Waals surface area contributed by atoms with E-state index in [2.05, 4.69) is 43.8 Å². The van der Waals surface area contributed by atoms with Gasteiger partial charge in [-0.3, -0.25) is 0 Å². The van der Waals surface area contributed by atoms with Crippen molar-refractivity contribution in [3.05, 3.63) is 11.9 Å². The van der Waals surface area contributed by atoms with Gasteiger partial charge in [-0.2, -0.15) is 0 Å². The molecule has 82 valence electrons. The van der Waals surface area contributed by atoms with Gasteiger partial charge in [0, 0.05) is 25.5 Å². The van der Waals surface area contributed by atoms with Gasteiger partial charge in [0.1, 0.15) is 6.17 Å². The summed E-state index contributed by atoms with van der Waals surface area (Å²) in [4.78, 5) is 4.93. The summed E-state index contributed by atoms with van der Waals surface area (Å²) >= 11 is 0. The number of hydrogen-bond acceptors (Lipinski definition) is 2. The van der Waals surface area contributed by atoms with Gasteiger partial charge in [0.25, 0.3) is 0 Å². The van der Waals surface area contributed by atoms with Gasteiger partial charge in [-0.15, -0.1) is 0 Å². The Morgan fingerprint density at radius 1 is 1.29 bits per heavy atom. The van der Waals surface area contributed by atoms with Crippen molar-refractivity contribution in [2.45, 2.75) is 52.6 Å². The highest BCUT2D eigenvalue weighted by molar-refractivity contribution is 5.08. The van der Waals surface area contributed by atoms with E-state index in [1.807, 2.05) is 0 Å². The first-order valence-electron chi connectivity index (χ1n) is 5.93. The van der Waals surface area contributed by atoms with E-state index >= 15 is 0 Å². The predicted molar refractivity (Wildman–Crippen MR) is 61.8 cm³/mol. The molecule has 0 aromatic carbocycles. The standard InChI is InChI=1S/C12H24N2/c1-5-8-9-14-10-11(6-2)13(4)12(14)7-3/h10,12H,5-9H2,1-4H3. The Labute approximate surface area is 88.6 Å². The van der Waals surface area contributed by atoms with Gasteiger partial charge in [0.15, 0.2) is 0 Å². The monoisotopic (exact) mass is 196 g/mol. The molecule has 0 saturated carbocycles. The van der Waals surface area contributed by atoms with Crippen molar-refractivity contribution in [3.63, 3.8) is 0 Å². The maximum Gasteiger partial charge on any atom is 0.100 e. The summed E-state index contributed by atoms with van der Waals surface area (Å²) in [7, 11) is 2.22. The molecule has 0 aromatic heterocycles. The van der Waals surface area contributed by atoms with Gasteiger partial charge >= 0.3 is 0 Å². The Morgan fingerprint density at radius 2 is 2.00 bits per heavy atom. The third-order valence-corrected chi connectivity index (χ3v) is 3.10. The van der Waals surface area contributed by atoms with Crippen molar-refractivity contribution < 1.29 is 0 Å². The summed E-state index contributed by atoms with van der Waals surface area (Å²) in [5, 5.41) is 0. The fourth-order valence-electron chi connectivity index (χ4n) is 2.19. The molecule has 1 aliphatic heterocycles. The second kappa shape index (κ2) is 5.28. The lowest BCUT2D eigenvalue weighted by molar-refractivity contribution is 0.161. The maximum atomic E-state index is 2.50. The van der Waals surface area contributed by atoms with Gasteiger partial charge in [0.2, 0.25) is 0 Å². The Kier molecular flexibility index (Phi) is 4.30. The number of hydrogen-bond donors (Lipinski definition) is 0. The van der Waals surface area contributed by atoms with Crippen molar-refractivity contribution in [3.8, 4) is 0 Å². The molecule has 1 rings (SSSR count). The second-order valence-electron chi connectivity index (χ2n) is 4.07. The van der Waals surface area contributed by atoms with E-state index in [0.717, 1.165) is 6.42 Å². The highest BCUT2D eigenvalue weighted by atomic mass is 15.4. The van der Waals surface area contributed by atoms with Crippen LogP contribution in [0.3, 0.4) is 0 Å². The number of unbranched alkanes of at least 4 members (excludes halogenated alkanes) is 1. The maximum absolute atomic E-state index is 2.50. The van der Waals surface area contributed by atoms with Crippen molar-refractivity contribution in [2.24, 2.45) is 0 Å². The summed E-state index contributed by atoms with van der Waals surface area (Å²) in [5.74, 6) is 0. The zero-order valence-electron chi connectivity index (χ0n) is 10.1. The average Bonchev–Trinajstić information content (AvgIpc) is 2.51. The minimum Gasteiger partial charge on any atom is -0.356 e. The van der Waals surface area contributed by atoms with Crippen LogP contribution in [0.5, 0.6) is 0 Å². The molecule has 0 saturated heterocycles. The first-order valence-corrected chi connectivity index (χ1v) is 5.93. The molecule has 0 bridgehead atoms. The molecule has 0 radical (unpaired) electrons. The van der Waals surface area contributed by atoms with E-state index in [4.69, 9.17) is 0 Å². The third kappa shape index (κ3) is 2.23.